The van der Waals surface area contributed by atoms with E-state index in [2.05, 4.69) is 10.0 Å². The summed E-state index contributed by atoms with van der Waals surface area (Å²) in [7, 11) is -3.60. The number of amides is 1. The van der Waals surface area contributed by atoms with Crippen molar-refractivity contribution in [2.24, 2.45) is 0 Å². The molecular formula is C17H17FN2O3S. The number of sulfonamides is 1. The zero-order chi connectivity index (χ0) is 17.2. The van der Waals surface area contributed by atoms with Crippen LogP contribution in [0.5, 0.6) is 0 Å². The molecule has 0 radical (unpaired) electrons. The van der Waals surface area contributed by atoms with Gasteiger partial charge >= 0.3 is 0 Å². The normalized spacial score (nSPS) is 14.4. The number of hydrogen-bond donors (Lipinski definition) is 2. The lowest BCUT2D eigenvalue weighted by Gasteiger charge is -2.08. The first kappa shape index (κ1) is 16.6. The van der Waals surface area contributed by atoms with Crippen molar-refractivity contribution in [1.82, 2.24) is 10.0 Å². The lowest BCUT2D eigenvalue weighted by molar-refractivity contribution is 0.0950. The molecule has 0 aromatic heterocycles. The molecule has 0 heterocycles. The van der Waals surface area contributed by atoms with Gasteiger partial charge in [-0.15, -0.1) is 0 Å². The summed E-state index contributed by atoms with van der Waals surface area (Å²) in [5.41, 5.74) is 1.01. The van der Waals surface area contributed by atoms with Gasteiger partial charge in [-0.25, -0.2) is 17.5 Å². The Morgan fingerprint density at radius 3 is 2.50 bits per heavy atom. The minimum Gasteiger partial charge on any atom is -0.348 e. The van der Waals surface area contributed by atoms with Crippen LogP contribution < -0.4 is 10.0 Å². The van der Waals surface area contributed by atoms with Crippen LogP contribution in [0.1, 0.15) is 28.8 Å². The van der Waals surface area contributed by atoms with Gasteiger partial charge in [0.1, 0.15) is 5.82 Å². The zero-order valence-electron chi connectivity index (χ0n) is 12.8. The Balaban J connectivity index is 1.68. The van der Waals surface area contributed by atoms with Crippen molar-refractivity contribution in [3.05, 3.63) is 65.5 Å². The van der Waals surface area contributed by atoms with Gasteiger partial charge < -0.3 is 5.32 Å². The summed E-state index contributed by atoms with van der Waals surface area (Å²) in [6.07, 6.45) is 1.69. The van der Waals surface area contributed by atoms with Gasteiger partial charge in [-0.3, -0.25) is 4.79 Å². The molecule has 3 rings (SSSR count). The predicted molar refractivity (Wildman–Crippen MR) is 87.4 cm³/mol. The third-order valence-electron chi connectivity index (χ3n) is 3.67. The number of hydrogen-bond acceptors (Lipinski definition) is 3. The molecule has 0 spiro atoms. The highest BCUT2D eigenvalue weighted by Gasteiger charge is 2.28. The van der Waals surface area contributed by atoms with Crippen LogP contribution in [0, 0.1) is 5.82 Å². The van der Waals surface area contributed by atoms with Gasteiger partial charge in [-0.05, 0) is 48.7 Å². The molecule has 1 aliphatic carbocycles. The first-order chi connectivity index (χ1) is 11.4. The summed E-state index contributed by atoms with van der Waals surface area (Å²) < 4.78 is 39.8. The maximum absolute atomic E-state index is 12.9. The van der Waals surface area contributed by atoms with Gasteiger partial charge in [0.2, 0.25) is 10.0 Å². The second-order valence-electron chi connectivity index (χ2n) is 5.73. The fraction of sp³-hybridized carbons (Fsp3) is 0.235. The van der Waals surface area contributed by atoms with Crippen molar-refractivity contribution in [3.8, 4) is 0 Å². The Morgan fingerprint density at radius 1 is 1.12 bits per heavy atom. The molecule has 24 heavy (non-hydrogen) atoms. The van der Waals surface area contributed by atoms with E-state index in [-0.39, 0.29) is 34.8 Å². The molecular weight excluding hydrogens is 331 g/mol. The largest absolute Gasteiger partial charge is 0.348 e. The van der Waals surface area contributed by atoms with Crippen LogP contribution in [0.4, 0.5) is 4.39 Å². The van der Waals surface area contributed by atoms with E-state index >= 15 is 0 Å². The maximum Gasteiger partial charge on any atom is 0.251 e. The third-order valence-corrected chi connectivity index (χ3v) is 5.19. The van der Waals surface area contributed by atoms with E-state index in [4.69, 9.17) is 0 Å². The third kappa shape index (κ3) is 4.18. The maximum atomic E-state index is 12.9. The molecule has 0 aliphatic heterocycles. The molecule has 126 valence electrons. The Labute approximate surface area is 139 Å². The average molecular weight is 348 g/mol. The number of benzene rings is 2. The highest BCUT2D eigenvalue weighted by atomic mass is 32.2. The number of carbonyl (C=O) groups is 1. The fourth-order valence-electron chi connectivity index (χ4n) is 2.18. The standard InChI is InChI=1S/C17H17FN2O3S/c18-14-6-4-12(5-7-14)11-19-17(21)13-2-1-3-16(10-13)24(22,23)20-15-8-9-15/h1-7,10,15,20H,8-9,11H2,(H,19,21). The van der Waals surface area contributed by atoms with E-state index in [0.717, 1.165) is 18.4 Å². The monoisotopic (exact) mass is 348 g/mol. The molecule has 0 atom stereocenters. The molecule has 1 amide bonds. The van der Waals surface area contributed by atoms with Crippen LogP contribution in [0.25, 0.3) is 0 Å². The molecule has 0 saturated heterocycles. The van der Waals surface area contributed by atoms with E-state index in [1.165, 1.54) is 30.3 Å². The van der Waals surface area contributed by atoms with E-state index in [9.17, 15) is 17.6 Å². The summed E-state index contributed by atoms with van der Waals surface area (Å²) in [5.74, 6) is -0.728. The quantitative estimate of drug-likeness (QED) is 0.840. The van der Waals surface area contributed by atoms with Gasteiger partial charge in [0.15, 0.2) is 0 Å². The van der Waals surface area contributed by atoms with Crippen molar-refractivity contribution in [1.29, 1.82) is 0 Å². The molecule has 1 saturated carbocycles. The molecule has 2 aromatic rings. The fourth-order valence-corrected chi connectivity index (χ4v) is 3.53. The van der Waals surface area contributed by atoms with Gasteiger partial charge in [-0.1, -0.05) is 18.2 Å². The molecule has 1 fully saturated rings. The smallest absolute Gasteiger partial charge is 0.251 e. The molecule has 0 bridgehead atoms. The summed E-state index contributed by atoms with van der Waals surface area (Å²) in [6.45, 7) is 0.233. The molecule has 2 aromatic carbocycles. The summed E-state index contributed by atoms with van der Waals surface area (Å²) in [4.78, 5) is 12.3. The Hall–Kier alpha value is -2.25. The summed E-state index contributed by atoms with van der Waals surface area (Å²) in [6, 6.07) is 11.7. The Morgan fingerprint density at radius 2 is 1.83 bits per heavy atom. The van der Waals surface area contributed by atoms with Crippen molar-refractivity contribution < 1.29 is 17.6 Å². The van der Waals surface area contributed by atoms with Gasteiger partial charge in [0, 0.05) is 18.2 Å². The molecule has 0 unspecified atom stereocenters. The van der Waals surface area contributed by atoms with Crippen LogP contribution in [-0.4, -0.2) is 20.4 Å². The van der Waals surface area contributed by atoms with E-state index in [0.29, 0.717) is 0 Å². The van der Waals surface area contributed by atoms with Crippen LogP contribution >= 0.6 is 0 Å². The predicted octanol–water partition coefficient (Wildman–Crippen LogP) is 2.20. The SMILES string of the molecule is O=C(NCc1ccc(F)cc1)c1cccc(S(=O)(=O)NC2CC2)c1. The van der Waals surface area contributed by atoms with Crippen molar-refractivity contribution in [2.75, 3.05) is 0 Å². The molecule has 5 nitrogen and oxygen atoms in total. The van der Waals surface area contributed by atoms with E-state index in [1.54, 1.807) is 18.2 Å². The molecule has 7 heteroatoms. The molecule has 2 N–H and O–H groups in total. The van der Waals surface area contributed by atoms with Crippen LogP contribution in [-0.2, 0) is 16.6 Å². The number of halogens is 1. The van der Waals surface area contributed by atoms with Crippen molar-refractivity contribution in [2.45, 2.75) is 30.3 Å². The Kier molecular flexibility index (Phi) is 4.64. The topological polar surface area (TPSA) is 75.3 Å². The van der Waals surface area contributed by atoms with Gasteiger partial charge in [0.05, 0.1) is 4.90 Å². The summed E-state index contributed by atoms with van der Waals surface area (Å²) >= 11 is 0. The second-order valence-corrected chi connectivity index (χ2v) is 7.45. The van der Waals surface area contributed by atoms with E-state index < -0.39 is 10.0 Å². The van der Waals surface area contributed by atoms with Crippen LogP contribution in [0.3, 0.4) is 0 Å². The van der Waals surface area contributed by atoms with Gasteiger partial charge in [-0.2, -0.15) is 0 Å². The lowest BCUT2D eigenvalue weighted by Crippen LogP contribution is -2.27. The highest BCUT2D eigenvalue weighted by Crippen LogP contribution is 2.22. The minimum atomic E-state index is -3.60. The summed E-state index contributed by atoms with van der Waals surface area (Å²) in [5, 5.41) is 2.69. The molecule has 1 aliphatic rings. The van der Waals surface area contributed by atoms with Crippen molar-refractivity contribution >= 4 is 15.9 Å². The Bertz CT molecular complexity index is 846. The van der Waals surface area contributed by atoms with Crippen LogP contribution in [0.15, 0.2) is 53.4 Å². The van der Waals surface area contributed by atoms with E-state index in [1.807, 2.05) is 0 Å². The first-order valence-electron chi connectivity index (χ1n) is 7.59. The minimum absolute atomic E-state index is 0.00552. The number of rotatable bonds is 6. The van der Waals surface area contributed by atoms with Crippen LogP contribution in [0.2, 0.25) is 0 Å². The number of carbonyl (C=O) groups excluding carboxylic acids is 1. The first-order valence-corrected chi connectivity index (χ1v) is 9.07. The zero-order valence-corrected chi connectivity index (χ0v) is 13.6. The number of nitrogens with one attached hydrogen (secondary N) is 2. The lowest BCUT2D eigenvalue weighted by atomic mass is 10.2. The average Bonchev–Trinajstić information content (AvgIpc) is 3.37. The van der Waals surface area contributed by atoms with Gasteiger partial charge in [0.25, 0.3) is 5.91 Å². The van der Waals surface area contributed by atoms with Crippen molar-refractivity contribution in [3.63, 3.8) is 0 Å². The highest BCUT2D eigenvalue weighted by molar-refractivity contribution is 7.89. The second kappa shape index (κ2) is 6.70.